The quantitative estimate of drug-likeness (QED) is 0.711. The van der Waals surface area contributed by atoms with E-state index in [0.29, 0.717) is 23.1 Å². The minimum Gasteiger partial charge on any atom is -0.548 e. The normalized spacial score (nSPS) is 23.6. The Morgan fingerprint density at radius 2 is 2.25 bits per heavy atom. The fourth-order valence-corrected chi connectivity index (χ4v) is 3.74. The highest BCUT2D eigenvalue weighted by atomic mass is 32.2. The highest BCUT2D eigenvalue weighted by molar-refractivity contribution is 7.99. The van der Waals surface area contributed by atoms with Gasteiger partial charge in [0, 0.05) is 5.75 Å². The number of nitrogens with zero attached hydrogens (tertiary/aromatic N) is 2. The van der Waals surface area contributed by atoms with Crippen LogP contribution in [0.15, 0.2) is 28.9 Å². The van der Waals surface area contributed by atoms with E-state index in [-0.39, 0.29) is 24.4 Å². The van der Waals surface area contributed by atoms with Crippen LogP contribution in [0, 0.1) is 0 Å². The SMILES string of the molecule is O=C1NC(N2CSC[C@H]2C(=O)[O-])=N/C1=C/c1ccc2c(c1)OCO2. The minimum absolute atomic E-state index is 0.176. The van der Waals surface area contributed by atoms with Gasteiger partial charge >= 0.3 is 0 Å². The number of amides is 1. The average Bonchev–Trinajstić information content (AvgIpc) is 3.26. The number of hydrogen-bond donors (Lipinski definition) is 1. The Morgan fingerprint density at radius 1 is 1.42 bits per heavy atom. The Kier molecular flexibility index (Phi) is 3.57. The molecule has 8 nitrogen and oxygen atoms in total. The summed E-state index contributed by atoms with van der Waals surface area (Å²) in [7, 11) is 0. The lowest BCUT2D eigenvalue weighted by Gasteiger charge is -2.25. The monoisotopic (exact) mass is 346 g/mol. The van der Waals surface area contributed by atoms with Gasteiger partial charge in [0.1, 0.15) is 5.70 Å². The zero-order valence-corrected chi connectivity index (χ0v) is 13.2. The lowest BCUT2D eigenvalue weighted by Crippen LogP contribution is -2.51. The van der Waals surface area contributed by atoms with Gasteiger partial charge in [-0.05, 0) is 23.8 Å². The zero-order chi connectivity index (χ0) is 16.7. The van der Waals surface area contributed by atoms with E-state index in [0.717, 1.165) is 5.56 Å². The summed E-state index contributed by atoms with van der Waals surface area (Å²) in [5.74, 6) is 0.795. The number of carbonyl (C=O) groups excluding carboxylic acids is 2. The highest BCUT2D eigenvalue weighted by Gasteiger charge is 2.33. The van der Waals surface area contributed by atoms with Gasteiger partial charge in [-0.25, -0.2) is 4.99 Å². The Labute approximate surface area is 141 Å². The number of carboxylic acid groups (broad SMARTS) is 1. The second-order valence-electron chi connectivity index (χ2n) is 5.34. The Hall–Kier alpha value is -2.68. The molecule has 1 N–H and O–H groups in total. The molecular weight excluding hydrogens is 334 g/mol. The van der Waals surface area contributed by atoms with E-state index in [9.17, 15) is 14.7 Å². The van der Waals surface area contributed by atoms with Crippen molar-refractivity contribution >= 4 is 35.7 Å². The lowest BCUT2D eigenvalue weighted by atomic mass is 10.1. The summed E-state index contributed by atoms with van der Waals surface area (Å²) in [5, 5.41) is 13.8. The molecule has 0 radical (unpaired) electrons. The molecule has 3 heterocycles. The van der Waals surface area contributed by atoms with Crippen LogP contribution >= 0.6 is 11.8 Å². The molecule has 1 aromatic carbocycles. The maximum Gasteiger partial charge on any atom is 0.276 e. The molecule has 124 valence electrons. The van der Waals surface area contributed by atoms with Gasteiger partial charge in [0.25, 0.3) is 5.91 Å². The molecule has 1 saturated heterocycles. The van der Waals surface area contributed by atoms with Crippen molar-refractivity contribution in [3.05, 3.63) is 29.5 Å². The molecule has 0 unspecified atom stereocenters. The number of benzene rings is 1. The molecule has 0 aliphatic carbocycles. The maximum absolute atomic E-state index is 12.1. The third kappa shape index (κ3) is 2.56. The summed E-state index contributed by atoms with van der Waals surface area (Å²) >= 11 is 1.45. The minimum atomic E-state index is -1.18. The van der Waals surface area contributed by atoms with E-state index in [4.69, 9.17) is 9.47 Å². The van der Waals surface area contributed by atoms with Gasteiger partial charge in [-0.3, -0.25) is 10.1 Å². The van der Waals surface area contributed by atoms with Gasteiger partial charge in [0.05, 0.1) is 17.9 Å². The van der Waals surface area contributed by atoms with E-state index in [1.165, 1.54) is 16.7 Å². The van der Waals surface area contributed by atoms with Crippen molar-refractivity contribution in [2.45, 2.75) is 6.04 Å². The second kappa shape index (κ2) is 5.75. The van der Waals surface area contributed by atoms with Crippen molar-refractivity contribution in [2.24, 2.45) is 4.99 Å². The van der Waals surface area contributed by atoms with Gasteiger partial charge in [-0.15, -0.1) is 11.8 Å². The number of carboxylic acids is 1. The number of guanidine groups is 1. The molecule has 9 heteroatoms. The van der Waals surface area contributed by atoms with Crippen LogP contribution in [0.3, 0.4) is 0 Å². The van der Waals surface area contributed by atoms with Crippen LogP contribution < -0.4 is 19.9 Å². The molecule has 0 spiro atoms. The van der Waals surface area contributed by atoms with Crippen LogP contribution in [0.5, 0.6) is 11.5 Å². The first-order valence-corrected chi connectivity index (χ1v) is 8.34. The smallest absolute Gasteiger partial charge is 0.276 e. The van der Waals surface area contributed by atoms with E-state index in [1.54, 1.807) is 24.3 Å². The van der Waals surface area contributed by atoms with Crippen LogP contribution in [0.4, 0.5) is 0 Å². The first-order valence-electron chi connectivity index (χ1n) is 7.18. The predicted octanol–water partition coefficient (Wildman–Crippen LogP) is -0.633. The molecule has 4 rings (SSSR count). The van der Waals surface area contributed by atoms with Crippen LogP contribution in [0.25, 0.3) is 6.08 Å². The van der Waals surface area contributed by atoms with Crippen molar-refractivity contribution in [3.8, 4) is 11.5 Å². The van der Waals surface area contributed by atoms with Crippen LogP contribution in [0.1, 0.15) is 5.56 Å². The first-order chi connectivity index (χ1) is 11.6. The number of ether oxygens (including phenoxy) is 2. The van der Waals surface area contributed by atoms with Crippen LogP contribution in [0.2, 0.25) is 0 Å². The van der Waals surface area contributed by atoms with Gasteiger partial charge < -0.3 is 24.3 Å². The molecule has 0 saturated carbocycles. The number of aliphatic imine (C=N–C) groups is 1. The van der Waals surface area contributed by atoms with Gasteiger partial charge in [0.2, 0.25) is 12.8 Å². The Balaban J connectivity index is 1.60. The topological polar surface area (TPSA) is 103 Å². The summed E-state index contributed by atoms with van der Waals surface area (Å²) < 4.78 is 10.5. The summed E-state index contributed by atoms with van der Waals surface area (Å²) in [5.41, 5.74) is 0.944. The number of thioether (sulfide) groups is 1. The number of fused-ring (bicyclic) bond motifs is 1. The lowest BCUT2D eigenvalue weighted by molar-refractivity contribution is -0.309. The number of rotatable bonds is 2. The largest absolute Gasteiger partial charge is 0.548 e. The molecule has 1 amide bonds. The van der Waals surface area contributed by atoms with Gasteiger partial charge in [0.15, 0.2) is 11.5 Å². The average molecular weight is 346 g/mol. The molecule has 3 aliphatic heterocycles. The summed E-state index contributed by atoms with van der Waals surface area (Å²) in [6.07, 6.45) is 1.61. The third-order valence-electron chi connectivity index (χ3n) is 3.81. The summed E-state index contributed by atoms with van der Waals surface area (Å²) in [6, 6.07) is 4.51. The molecule has 3 aliphatic rings. The number of hydrogen-bond acceptors (Lipinski definition) is 8. The summed E-state index contributed by atoms with van der Waals surface area (Å²) in [6.45, 7) is 0.176. The molecular formula is C15H12N3O5S-. The maximum atomic E-state index is 12.1. The Bertz CT molecular complexity index is 791. The van der Waals surface area contributed by atoms with Crippen molar-refractivity contribution < 1.29 is 24.2 Å². The third-order valence-corrected chi connectivity index (χ3v) is 4.82. The van der Waals surface area contributed by atoms with E-state index in [2.05, 4.69) is 10.3 Å². The summed E-state index contributed by atoms with van der Waals surface area (Å²) in [4.78, 5) is 29.0. The zero-order valence-electron chi connectivity index (χ0n) is 12.4. The van der Waals surface area contributed by atoms with E-state index >= 15 is 0 Å². The standard InChI is InChI=1S/C15H13N3O5S/c19-13-9(3-8-1-2-11-12(4-8)23-7-22-11)16-15(17-13)18-6-24-5-10(18)14(20)21/h1-4,10H,5-7H2,(H,20,21)(H,16,17,19)/p-1/b9-3+/t10-/m0/s1. The highest BCUT2D eigenvalue weighted by Crippen LogP contribution is 2.33. The second-order valence-corrected chi connectivity index (χ2v) is 6.34. The van der Waals surface area contributed by atoms with Crippen molar-refractivity contribution in [1.82, 2.24) is 10.2 Å². The van der Waals surface area contributed by atoms with Crippen molar-refractivity contribution in [2.75, 3.05) is 18.4 Å². The number of nitrogens with one attached hydrogen (secondary N) is 1. The predicted molar refractivity (Wildman–Crippen MR) is 84.1 cm³/mol. The van der Waals surface area contributed by atoms with Gasteiger partial charge in [-0.2, -0.15) is 0 Å². The fourth-order valence-electron chi connectivity index (χ4n) is 2.60. The molecule has 24 heavy (non-hydrogen) atoms. The van der Waals surface area contributed by atoms with Crippen molar-refractivity contribution in [3.63, 3.8) is 0 Å². The molecule has 1 fully saturated rings. The molecule has 0 aromatic heterocycles. The molecule has 1 atom stereocenters. The molecule has 0 bridgehead atoms. The van der Waals surface area contributed by atoms with Crippen molar-refractivity contribution in [1.29, 1.82) is 0 Å². The molecule has 1 aromatic rings. The van der Waals surface area contributed by atoms with E-state index < -0.39 is 12.0 Å². The van der Waals surface area contributed by atoms with E-state index in [1.807, 2.05) is 0 Å². The number of carbonyl (C=O) groups is 2. The first kappa shape index (κ1) is 14.9. The fraction of sp³-hybridized carbons (Fsp3) is 0.267. The van der Waals surface area contributed by atoms with Gasteiger partial charge in [-0.1, -0.05) is 6.07 Å². The van der Waals surface area contributed by atoms with Crippen LogP contribution in [-0.4, -0.2) is 47.2 Å². The van der Waals surface area contributed by atoms with Crippen LogP contribution in [-0.2, 0) is 9.59 Å². The number of aliphatic carboxylic acids is 1. The Morgan fingerprint density at radius 3 is 3.08 bits per heavy atom.